The monoisotopic (exact) mass is 532 g/mol. The fourth-order valence-corrected chi connectivity index (χ4v) is 8.25. The molecule has 3 rings (SSSR count). The fourth-order valence-electron chi connectivity index (χ4n) is 3.86. The number of H-pyrrole nitrogens is 1. The summed E-state index contributed by atoms with van der Waals surface area (Å²) in [6.07, 6.45) is 3.14. The second kappa shape index (κ2) is 9.73. The molecule has 1 aliphatic heterocycles. The Morgan fingerprint density at radius 1 is 1.41 bits per heavy atom. The number of rotatable bonds is 8. The average Bonchev–Trinajstić information content (AvgIpc) is 3.42. The maximum absolute atomic E-state index is 13.7. The second-order valence-corrected chi connectivity index (χ2v) is 13.6. The number of aromatic amines is 1. The van der Waals surface area contributed by atoms with Crippen LogP contribution in [0.25, 0.3) is 0 Å². The number of primary sulfonamides is 1. The first kappa shape index (κ1) is 26.3. The number of thiophene rings is 1. The van der Waals surface area contributed by atoms with Gasteiger partial charge in [0, 0.05) is 30.4 Å². The van der Waals surface area contributed by atoms with Crippen LogP contribution in [0.1, 0.15) is 44.5 Å². The molecule has 0 bridgehead atoms. The number of sulfone groups is 1. The standard InChI is InChI=1S/C19H28N6O6S3/c1-4-25(18(27)14(24-17(26)11(3)20)6-12-8-22-9-23-12)15-5-10(2)33(28,29)19-13(15)7-16(32-19)34(21,30)31/h7-11,14-15H,4-6,20H2,1-3H3,(H,22,23)(H,24,26)(H2,21,30,31)/t10-,11?,14?,15-/m0/s1. The number of hydrogen-bond acceptors (Lipinski definition) is 9. The van der Waals surface area contributed by atoms with E-state index >= 15 is 0 Å². The van der Waals surface area contributed by atoms with Gasteiger partial charge in [-0.3, -0.25) is 9.59 Å². The maximum atomic E-state index is 13.7. The molecule has 0 fully saturated rings. The molecule has 4 atom stereocenters. The summed E-state index contributed by atoms with van der Waals surface area (Å²) in [4.78, 5) is 34.3. The number of imidazole rings is 1. The van der Waals surface area contributed by atoms with Crippen molar-refractivity contribution in [2.75, 3.05) is 6.54 Å². The molecule has 2 unspecified atom stereocenters. The van der Waals surface area contributed by atoms with E-state index in [2.05, 4.69) is 15.3 Å². The Bertz CT molecular complexity index is 1270. The normalized spacial score (nSPS) is 21.3. The second-order valence-electron chi connectivity index (χ2n) is 8.22. The number of sulfonamides is 1. The summed E-state index contributed by atoms with van der Waals surface area (Å²) < 4.78 is 49.3. The van der Waals surface area contributed by atoms with Crippen LogP contribution in [0.15, 0.2) is 27.0 Å². The van der Waals surface area contributed by atoms with Crippen LogP contribution in [-0.2, 0) is 35.9 Å². The lowest BCUT2D eigenvalue weighted by atomic mass is 10.0. The summed E-state index contributed by atoms with van der Waals surface area (Å²) in [5.74, 6) is -0.988. The minimum Gasteiger partial charge on any atom is -0.348 e. The van der Waals surface area contributed by atoms with Crippen molar-refractivity contribution in [3.8, 4) is 0 Å². The first-order valence-electron chi connectivity index (χ1n) is 10.5. The number of nitrogens with two attached hydrogens (primary N) is 2. The number of carbonyl (C=O) groups excluding carboxylic acids is 2. The van der Waals surface area contributed by atoms with Gasteiger partial charge in [0.15, 0.2) is 9.84 Å². The Morgan fingerprint density at radius 3 is 2.62 bits per heavy atom. The Kier molecular flexibility index (Phi) is 7.52. The summed E-state index contributed by atoms with van der Waals surface area (Å²) in [6, 6.07) is -1.36. The smallest absolute Gasteiger partial charge is 0.247 e. The molecule has 1 aliphatic rings. The summed E-state index contributed by atoms with van der Waals surface area (Å²) in [6.45, 7) is 4.91. The lowest BCUT2D eigenvalue weighted by Crippen LogP contribution is -2.54. The molecule has 0 aliphatic carbocycles. The molecule has 0 radical (unpaired) electrons. The number of likely N-dealkylation sites (N-methyl/N-ethyl adjacent to an activating group) is 1. The van der Waals surface area contributed by atoms with Gasteiger partial charge in [0.05, 0.1) is 23.7 Å². The van der Waals surface area contributed by atoms with E-state index in [1.807, 2.05) is 0 Å². The SMILES string of the molecule is CCN(C(=O)C(Cc1cnc[nH]1)NC(=O)C(C)N)[C@H]1C[C@H](C)S(=O)(=O)c2sc(S(N)(=O)=O)cc21. The van der Waals surface area contributed by atoms with Gasteiger partial charge in [-0.2, -0.15) is 0 Å². The summed E-state index contributed by atoms with van der Waals surface area (Å²) in [5, 5.41) is 7.05. The topological polar surface area (TPSA) is 198 Å². The van der Waals surface area contributed by atoms with Crippen LogP contribution in [0.5, 0.6) is 0 Å². The van der Waals surface area contributed by atoms with Gasteiger partial charge >= 0.3 is 0 Å². The van der Waals surface area contributed by atoms with Crippen molar-refractivity contribution in [3.05, 3.63) is 29.8 Å². The van der Waals surface area contributed by atoms with Gasteiger partial charge in [0.25, 0.3) is 0 Å². The van der Waals surface area contributed by atoms with Crippen LogP contribution in [0, 0.1) is 0 Å². The van der Waals surface area contributed by atoms with Gasteiger partial charge in [0.2, 0.25) is 21.8 Å². The van der Waals surface area contributed by atoms with E-state index in [9.17, 15) is 26.4 Å². The highest BCUT2D eigenvalue weighted by molar-refractivity contribution is 7.95. The van der Waals surface area contributed by atoms with E-state index in [0.29, 0.717) is 17.0 Å². The van der Waals surface area contributed by atoms with Crippen LogP contribution < -0.4 is 16.2 Å². The van der Waals surface area contributed by atoms with Crippen molar-refractivity contribution >= 4 is 43.0 Å². The molecule has 15 heteroatoms. The Labute approximate surface area is 202 Å². The van der Waals surface area contributed by atoms with Gasteiger partial charge in [0.1, 0.15) is 14.5 Å². The molecule has 3 heterocycles. The van der Waals surface area contributed by atoms with E-state index in [0.717, 1.165) is 0 Å². The third-order valence-corrected chi connectivity index (χ3v) is 11.0. The highest BCUT2D eigenvalue weighted by Crippen LogP contribution is 2.45. The molecule has 12 nitrogen and oxygen atoms in total. The Morgan fingerprint density at radius 2 is 2.09 bits per heavy atom. The molecular weight excluding hydrogens is 504 g/mol. The van der Waals surface area contributed by atoms with Crippen molar-refractivity contribution in [1.82, 2.24) is 20.2 Å². The van der Waals surface area contributed by atoms with E-state index in [-0.39, 0.29) is 33.4 Å². The number of nitrogens with one attached hydrogen (secondary N) is 2. The number of hydrogen-bond donors (Lipinski definition) is 4. The van der Waals surface area contributed by atoms with E-state index < -0.39 is 55.1 Å². The van der Waals surface area contributed by atoms with Crippen LogP contribution in [0.2, 0.25) is 0 Å². The molecule has 2 amide bonds. The number of nitrogens with zero attached hydrogens (tertiary/aromatic N) is 2. The highest BCUT2D eigenvalue weighted by atomic mass is 32.3. The summed E-state index contributed by atoms with van der Waals surface area (Å²) in [7, 11) is -7.94. The third-order valence-electron chi connectivity index (χ3n) is 5.69. The molecule has 0 spiro atoms. The zero-order valence-electron chi connectivity index (χ0n) is 18.9. The first-order valence-corrected chi connectivity index (χ1v) is 14.4. The largest absolute Gasteiger partial charge is 0.348 e. The van der Waals surface area contributed by atoms with Gasteiger partial charge < -0.3 is 20.9 Å². The number of amides is 2. The van der Waals surface area contributed by atoms with E-state index in [4.69, 9.17) is 10.9 Å². The molecule has 6 N–H and O–H groups in total. The molecule has 2 aromatic rings. The summed E-state index contributed by atoms with van der Waals surface area (Å²) >= 11 is 0.585. The molecule has 2 aromatic heterocycles. The highest BCUT2D eigenvalue weighted by Gasteiger charge is 2.43. The lowest BCUT2D eigenvalue weighted by molar-refractivity contribution is -0.138. The molecule has 34 heavy (non-hydrogen) atoms. The Balaban J connectivity index is 2.04. The predicted octanol–water partition coefficient (Wildman–Crippen LogP) is -0.351. The minimum absolute atomic E-state index is 0.0632. The summed E-state index contributed by atoms with van der Waals surface area (Å²) in [5.41, 5.74) is 6.49. The van der Waals surface area contributed by atoms with Crippen molar-refractivity contribution in [3.63, 3.8) is 0 Å². The van der Waals surface area contributed by atoms with E-state index in [1.54, 1.807) is 6.92 Å². The van der Waals surface area contributed by atoms with E-state index in [1.165, 1.54) is 37.3 Å². The molecule has 188 valence electrons. The quantitative estimate of drug-likeness (QED) is 0.353. The number of fused-ring (bicyclic) bond motifs is 1. The Hall–Kier alpha value is -2.33. The minimum atomic E-state index is -4.15. The number of carbonyl (C=O) groups is 2. The van der Waals surface area contributed by atoms with Crippen molar-refractivity contribution < 1.29 is 26.4 Å². The molecule has 0 aromatic carbocycles. The molecule has 0 saturated carbocycles. The number of aromatic nitrogens is 2. The van der Waals surface area contributed by atoms with Crippen LogP contribution in [0.3, 0.4) is 0 Å². The zero-order valence-corrected chi connectivity index (χ0v) is 21.3. The fraction of sp³-hybridized carbons (Fsp3) is 0.526. The zero-order chi connectivity index (χ0) is 25.4. The van der Waals surface area contributed by atoms with Gasteiger partial charge in [-0.25, -0.2) is 27.0 Å². The molecule has 0 saturated heterocycles. The van der Waals surface area contributed by atoms with Gasteiger partial charge in [-0.15, -0.1) is 11.3 Å². The maximum Gasteiger partial charge on any atom is 0.247 e. The predicted molar refractivity (Wildman–Crippen MR) is 125 cm³/mol. The van der Waals surface area contributed by atoms with Crippen molar-refractivity contribution in [2.24, 2.45) is 10.9 Å². The molecular formula is C19H28N6O6S3. The van der Waals surface area contributed by atoms with Crippen LogP contribution in [0.4, 0.5) is 0 Å². The van der Waals surface area contributed by atoms with Crippen molar-refractivity contribution in [1.29, 1.82) is 0 Å². The van der Waals surface area contributed by atoms with Gasteiger partial charge in [-0.05, 0) is 33.3 Å². The van der Waals surface area contributed by atoms with Crippen LogP contribution >= 0.6 is 11.3 Å². The third kappa shape index (κ3) is 5.17. The van der Waals surface area contributed by atoms with Crippen LogP contribution in [-0.4, -0.2) is 67.4 Å². The average molecular weight is 533 g/mol. The lowest BCUT2D eigenvalue weighted by Gasteiger charge is -2.37. The van der Waals surface area contributed by atoms with Crippen molar-refractivity contribution in [2.45, 2.75) is 65.4 Å². The van der Waals surface area contributed by atoms with Gasteiger partial charge in [-0.1, -0.05) is 0 Å². The first-order chi connectivity index (χ1) is 15.8.